The van der Waals surface area contributed by atoms with E-state index in [1.165, 1.54) is 25.7 Å². The molecule has 0 amide bonds. The number of methoxy groups -OCH3 is 1. The molecule has 4 heteroatoms. The number of nitrogens with one attached hydrogen (secondary N) is 1. The van der Waals surface area contributed by atoms with Crippen molar-refractivity contribution in [1.82, 2.24) is 5.32 Å². The number of hydrogen-bond donors (Lipinski definition) is 1. The van der Waals surface area contributed by atoms with Gasteiger partial charge in [-0.25, -0.2) is 0 Å². The van der Waals surface area contributed by atoms with Gasteiger partial charge in [0.2, 0.25) is 0 Å². The molecule has 2 rings (SSSR count). The second-order valence-electron chi connectivity index (χ2n) is 6.11. The van der Waals surface area contributed by atoms with Crippen molar-refractivity contribution in [2.45, 2.75) is 38.0 Å². The molecule has 0 heterocycles. The van der Waals surface area contributed by atoms with E-state index in [4.69, 9.17) is 27.9 Å². The fourth-order valence-corrected chi connectivity index (χ4v) is 4.40. The van der Waals surface area contributed by atoms with Gasteiger partial charge < -0.3 is 10.1 Å². The van der Waals surface area contributed by atoms with Gasteiger partial charge in [0, 0.05) is 35.7 Å². The van der Waals surface area contributed by atoms with Crippen molar-refractivity contribution < 1.29 is 4.74 Å². The van der Waals surface area contributed by atoms with Gasteiger partial charge in [-0.2, -0.15) is 0 Å². The average molecular weight is 330 g/mol. The lowest BCUT2D eigenvalue weighted by Crippen LogP contribution is -2.49. The molecule has 1 aliphatic rings. The van der Waals surface area contributed by atoms with Crippen LogP contribution in [-0.2, 0) is 10.2 Å². The average Bonchev–Trinajstić information content (AvgIpc) is 2.41. The Labute approximate surface area is 138 Å². The van der Waals surface area contributed by atoms with Gasteiger partial charge in [0.15, 0.2) is 0 Å². The number of benzene rings is 1. The van der Waals surface area contributed by atoms with E-state index in [1.807, 2.05) is 18.2 Å². The van der Waals surface area contributed by atoms with E-state index in [0.717, 1.165) is 41.2 Å². The second-order valence-corrected chi connectivity index (χ2v) is 6.92. The van der Waals surface area contributed by atoms with E-state index in [9.17, 15) is 0 Å². The molecule has 21 heavy (non-hydrogen) atoms. The second kappa shape index (κ2) is 7.82. The summed E-state index contributed by atoms with van der Waals surface area (Å²) in [6.07, 6.45) is 4.88. The quantitative estimate of drug-likeness (QED) is 0.699. The lowest BCUT2D eigenvalue weighted by Gasteiger charge is -2.49. The summed E-state index contributed by atoms with van der Waals surface area (Å²) in [6.45, 7) is 4.75. The van der Waals surface area contributed by atoms with Crippen LogP contribution in [0.2, 0.25) is 10.0 Å². The minimum atomic E-state index is 0.0863. The predicted octanol–water partition coefficient (Wildman–Crippen LogP) is 4.68. The van der Waals surface area contributed by atoms with E-state index in [0.29, 0.717) is 0 Å². The van der Waals surface area contributed by atoms with Crippen molar-refractivity contribution in [3.8, 4) is 0 Å². The molecule has 1 aromatic carbocycles. The molecule has 0 spiro atoms. The van der Waals surface area contributed by atoms with Gasteiger partial charge in [-0.3, -0.25) is 0 Å². The van der Waals surface area contributed by atoms with E-state index >= 15 is 0 Å². The van der Waals surface area contributed by atoms with Crippen LogP contribution in [0.25, 0.3) is 0 Å². The monoisotopic (exact) mass is 329 g/mol. The third kappa shape index (κ3) is 3.92. The molecule has 0 unspecified atom stereocenters. The fourth-order valence-electron chi connectivity index (χ4n) is 3.60. The van der Waals surface area contributed by atoms with Gasteiger partial charge >= 0.3 is 0 Å². The molecule has 1 N–H and O–H groups in total. The lowest BCUT2D eigenvalue weighted by molar-refractivity contribution is 0.123. The normalized spacial score (nSPS) is 24.9. The zero-order valence-corrected chi connectivity index (χ0v) is 14.4. The number of rotatable bonds is 8. The Kier molecular flexibility index (Phi) is 6.36. The zero-order valence-electron chi connectivity index (χ0n) is 12.9. The predicted molar refractivity (Wildman–Crippen MR) is 90.5 cm³/mol. The molecule has 0 atom stereocenters. The number of ether oxygens (including phenoxy) is 1. The summed E-state index contributed by atoms with van der Waals surface area (Å²) in [4.78, 5) is 0. The summed E-state index contributed by atoms with van der Waals surface area (Å²) in [6, 6.07) is 5.82. The summed E-state index contributed by atoms with van der Waals surface area (Å²) in [5, 5.41) is 5.10. The Morgan fingerprint density at radius 2 is 1.95 bits per heavy atom. The van der Waals surface area contributed by atoms with E-state index in [-0.39, 0.29) is 5.41 Å². The van der Waals surface area contributed by atoms with Crippen LogP contribution in [0.1, 0.15) is 38.2 Å². The van der Waals surface area contributed by atoms with Gasteiger partial charge in [-0.15, -0.1) is 0 Å². The van der Waals surface area contributed by atoms with Crippen LogP contribution in [0, 0.1) is 5.92 Å². The van der Waals surface area contributed by atoms with Crippen molar-refractivity contribution in [1.29, 1.82) is 0 Å². The van der Waals surface area contributed by atoms with Crippen LogP contribution in [-0.4, -0.2) is 26.8 Å². The molecule has 1 aliphatic carbocycles. The summed E-state index contributed by atoms with van der Waals surface area (Å²) >= 11 is 12.9. The van der Waals surface area contributed by atoms with Gasteiger partial charge in [0.25, 0.3) is 0 Å². The highest BCUT2D eigenvalue weighted by Gasteiger charge is 2.46. The molecule has 0 aromatic heterocycles. The molecule has 1 fully saturated rings. The van der Waals surface area contributed by atoms with Crippen LogP contribution in [0.5, 0.6) is 0 Å². The van der Waals surface area contributed by atoms with Gasteiger partial charge in [-0.1, -0.05) is 49.0 Å². The number of halogens is 2. The number of hydrogen-bond acceptors (Lipinski definition) is 2. The maximum atomic E-state index is 6.45. The summed E-state index contributed by atoms with van der Waals surface area (Å²) < 4.78 is 5.11. The van der Waals surface area contributed by atoms with Crippen LogP contribution < -0.4 is 5.32 Å². The summed E-state index contributed by atoms with van der Waals surface area (Å²) in [7, 11) is 1.73. The van der Waals surface area contributed by atoms with Crippen LogP contribution in [0.15, 0.2) is 18.2 Å². The standard InChI is InChI=1S/C17H25Cl2NO/c1-3-5-13-10-17(11-13,12-20-8-9-21-2)16-14(18)6-4-7-15(16)19/h4,6-7,13,20H,3,5,8-12H2,1-2H3. The highest BCUT2D eigenvalue weighted by Crippen LogP contribution is 2.52. The first-order chi connectivity index (χ1) is 10.1. The largest absolute Gasteiger partial charge is 0.383 e. The zero-order chi connectivity index (χ0) is 15.3. The van der Waals surface area contributed by atoms with Crippen molar-refractivity contribution in [2.24, 2.45) is 5.92 Å². The van der Waals surface area contributed by atoms with Crippen LogP contribution >= 0.6 is 23.2 Å². The Balaban J connectivity index is 2.13. The Morgan fingerprint density at radius 3 is 2.52 bits per heavy atom. The molecule has 118 valence electrons. The third-order valence-corrected chi connectivity index (χ3v) is 5.13. The maximum Gasteiger partial charge on any atom is 0.0587 e. The molecule has 1 saturated carbocycles. The smallest absolute Gasteiger partial charge is 0.0587 e. The highest BCUT2D eigenvalue weighted by atomic mass is 35.5. The molecule has 2 nitrogen and oxygen atoms in total. The molecule has 0 saturated heterocycles. The molecule has 0 aliphatic heterocycles. The van der Waals surface area contributed by atoms with E-state index < -0.39 is 0 Å². The highest BCUT2D eigenvalue weighted by molar-refractivity contribution is 6.36. The minimum absolute atomic E-state index is 0.0863. The first-order valence-corrected chi connectivity index (χ1v) is 8.52. The SMILES string of the molecule is CCCC1CC(CNCCOC)(c2c(Cl)cccc2Cl)C1. The summed E-state index contributed by atoms with van der Waals surface area (Å²) in [5.74, 6) is 0.798. The Hall–Kier alpha value is -0.280. The van der Waals surface area contributed by atoms with Gasteiger partial charge in [-0.05, 0) is 36.5 Å². The third-order valence-electron chi connectivity index (χ3n) is 4.50. The van der Waals surface area contributed by atoms with Gasteiger partial charge in [0.1, 0.15) is 0 Å². The molecule has 1 aromatic rings. The van der Waals surface area contributed by atoms with E-state index in [1.54, 1.807) is 7.11 Å². The van der Waals surface area contributed by atoms with Crippen molar-refractivity contribution >= 4 is 23.2 Å². The Bertz CT molecular complexity index is 438. The Morgan fingerprint density at radius 1 is 1.29 bits per heavy atom. The summed E-state index contributed by atoms with van der Waals surface area (Å²) in [5.41, 5.74) is 1.22. The van der Waals surface area contributed by atoms with Crippen molar-refractivity contribution in [3.63, 3.8) is 0 Å². The topological polar surface area (TPSA) is 21.3 Å². The van der Waals surface area contributed by atoms with Crippen LogP contribution in [0.4, 0.5) is 0 Å². The van der Waals surface area contributed by atoms with Crippen LogP contribution in [0.3, 0.4) is 0 Å². The fraction of sp³-hybridized carbons (Fsp3) is 0.647. The van der Waals surface area contributed by atoms with Gasteiger partial charge in [0.05, 0.1) is 6.61 Å². The maximum absolute atomic E-state index is 6.45. The molecular weight excluding hydrogens is 305 g/mol. The van der Waals surface area contributed by atoms with E-state index in [2.05, 4.69) is 12.2 Å². The molecular formula is C17H25Cl2NO. The lowest BCUT2D eigenvalue weighted by atomic mass is 9.57. The van der Waals surface area contributed by atoms with Crippen molar-refractivity contribution in [2.75, 3.05) is 26.8 Å². The molecule has 0 bridgehead atoms. The molecule has 0 radical (unpaired) electrons. The van der Waals surface area contributed by atoms with Crippen molar-refractivity contribution in [3.05, 3.63) is 33.8 Å². The first kappa shape index (κ1) is 17.1. The minimum Gasteiger partial charge on any atom is -0.383 e. The first-order valence-electron chi connectivity index (χ1n) is 7.77.